The van der Waals surface area contributed by atoms with E-state index >= 15 is 0 Å². The standard InChI is InChI=1S/C12H8F5N3O3S2/c1-24-12-19-4(2-5(21)20-12)3-18-25(22,23)11-9(16)7(14)6(13)8(15)10(11)17/h2,18H,3H2,1H3,(H,19,20,21). The lowest BCUT2D eigenvalue weighted by atomic mass is 10.3. The van der Waals surface area contributed by atoms with Crippen molar-refractivity contribution in [1.29, 1.82) is 0 Å². The molecular weight excluding hydrogens is 393 g/mol. The molecule has 0 saturated heterocycles. The number of nitrogens with one attached hydrogen (secondary N) is 2. The summed E-state index contributed by atoms with van der Waals surface area (Å²) in [5, 5.41) is 0.137. The molecule has 0 atom stereocenters. The van der Waals surface area contributed by atoms with Gasteiger partial charge < -0.3 is 4.98 Å². The van der Waals surface area contributed by atoms with Crippen molar-refractivity contribution < 1.29 is 30.4 Å². The molecule has 2 rings (SSSR count). The van der Waals surface area contributed by atoms with Crippen molar-refractivity contribution in [3.63, 3.8) is 0 Å². The molecule has 0 aliphatic heterocycles. The summed E-state index contributed by atoms with van der Waals surface area (Å²) in [6.45, 7) is -0.709. The molecule has 2 aromatic rings. The second-order valence-corrected chi connectivity index (χ2v) is 6.97. The van der Waals surface area contributed by atoms with Gasteiger partial charge in [0.2, 0.25) is 15.8 Å². The highest BCUT2D eigenvalue weighted by molar-refractivity contribution is 7.98. The molecule has 25 heavy (non-hydrogen) atoms. The Morgan fingerprint density at radius 3 is 2.12 bits per heavy atom. The van der Waals surface area contributed by atoms with Gasteiger partial charge in [0.1, 0.15) is 0 Å². The third kappa shape index (κ3) is 3.82. The number of benzene rings is 1. The zero-order chi connectivity index (χ0) is 18.9. The van der Waals surface area contributed by atoms with Gasteiger partial charge in [-0.2, -0.15) is 0 Å². The van der Waals surface area contributed by atoms with E-state index in [2.05, 4.69) is 9.97 Å². The third-order valence-corrected chi connectivity index (χ3v) is 4.85. The van der Waals surface area contributed by atoms with Crippen LogP contribution >= 0.6 is 11.8 Å². The normalized spacial score (nSPS) is 11.8. The number of aromatic amines is 1. The number of hydrogen-bond acceptors (Lipinski definition) is 5. The average molecular weight is 401 g/mol. The van der Waals surface area contributed by atoms with E-state index in [1.165, 1.54) is 0 Å². The van der Waals surface area contributed by atoms with Crippen molar-refractivity contribution in [2.75, 3.05) is 6.26 Å². The topological polar surface area (TPSA) is 91.9 Å². The highest BCUT2D eigenvalue weighted by atomic mass is 32.2. The van der Waals surface area contributed by atoms with Gasteiger partial charge in [0.05, 0.1) is 12.2 Å². The Morgan fingerprint density at radius 1 is 1.08 bits per heavy atom. The summed E-state index contributed by atoms with van der Waals surface area (Å²) in [6.07, 6.45) is 1.57. The Morgan fingerprint density at radius 2 is 1.60 bits per heavy atom. The van der Waals surface area contributed by atoms with Crippen LogP contribution in [0.5, 0.6) is 0 Å². The number of aromatic nitrogens is 2. The van der Waals surface area contributed by atoms with Crippen molar-refractivity contribution >= 4 is 21.8 Å². The van der Waals surface area contributed by atoms with Crippen LogP contribution in [0.1, 0.15) is 5.69 Å². The number of H-pyrrole nitrogens is 1. The minimum atomic E-state index is -5.12. The van der Waals surface area contributed by atoms with Crippen LogP contribution in [0, 0.1) is 29.1 Å². The van der Waals surface area contributed by atoms with Crippen LogP contribution in [-0.2, 0) is 16.6 Å². The molecular formula is C12H8F5N3O3S2. The van der Waals surface area contributed by atoms with Crippen LogP contribution in [0.25, 0.3) is 0 Å². The first kappa shape index (κ1) is 19.3. The van der Waals surface area contributed by atoms with E-state index in [0.29, 0.717) is 0 Å². The second-order valence-electron chi connectivity index (χ2n) is 4.47. The SMILES string of the molecule is CSc1nc(CNS(=O)(=O)c2c(F)c(F)c(F)c(F)c2F)cc(=O)[nH]1. The fourth-order valence-corrected chi connectivity index (χ4v) is 3.28. The Hall–Kier alpha value is -1.99. The summed E-state index contributed by atoms with van der Waals surface area (Å²) in [5.74, 6) is -12.2. The lowest BCUT2D eigenvalue weighted by molar-refractivity contribution is 0.357. The predicted molar refractivity (Wildman–Crippen MR) is 76.9 cm³/mol. The number of hydrogen-bond donors (Lipinski definition) is 2. The van der Waals surface area contributed by atoms with Crippen LogP contribution in [-0.4, -0.2) is 24.6 Å². The largest absolute Gasteiger partial charge is 0.301 e. The van der Waals surface area contributed by atoms with Gasteiger partial charge in [-0.25, -0.2) is 40.1 Å². The Balaban J connectivity index is 2.41. The van der Waals surface area contributed by atoms with E-state index in [0.717, 1.165) is 17.8 Å². The first-order valence-electron chi connectivity index (χ1n) is 6.23. The molecule has 1 aromatic carbocycles. The van der Waals surface area contributed by atoms with Gasteiger partial charge >= 0.3 is 0 Å². The van der Waals surface area contributed by atoms with Gasteiger partial charge in [0.15, 0.2) is 33.3 Å². The molecule has 0 bridgehead atoms. The molecule has 0 amide bonds. The van der Waals surface area contributed by atoms with E-state index in [-0.39, 0.29) is 10.9 Å². The van der Waals surface area contributed by atoms with Crippen LogP contribution in [0.15, 0.2) is 20.9 Å². The van der Waals surface area contributed by atoms with Gasteiger partial charge in [0, 0.05) is 6.07 Å². The number of sulfonamides is 1. The Kier molecular flexibility index (Phi) is 5.49. The first-order chi connectivity index (χ1) is 11.6. The number of rotatable bonds is 5. The van der Waals surface area contributed by atoms with Gasteiger partial charge in [-0.3, -0.25) is 4.79 Å². The molecule has 0 spiro atoms. The maximum absolute atomic E-state index is 13.6. The van der Waals surface area contributed by atoms with Crippen molar-refractivity contribution in [1.82, 2.24) is 14.7 Å². The summed E-state index contributed by atoms with van der Waals surface area (Å²) in [7, 11) is -5.12. The molecule has 0 aliphatic rings. The zero-order valence-electron chi connectivity index (χ0n) is 12.2. The molecule has 136 valence electrons. The van der Waals surface area contributed by atoms with Crippen molar-refractivity contribution in [3.05, 3.63) is 51.2 Å². The quantitative estimate of drug-likeness (QED) is 0.261. The van der Waals surface area contributed by atoms with Crippen molar-refractivity contribution in [3.8, 4) is 0 Å². The van der Waals surface area contributed by atoms with Crippen LogP contribution in [0.3, 0.4) is 0 Å². The molecule has 6 nitrogen and oxygen atoms in total. The molecule has 0 fully saturated rings. The number of halogens is 5. The summed E-state index contributed by atoms with van der Waals surface area (Å²) in [5.41, 5.74) is -0.745. The minimum Gasteiger partial charge on any atom is -0.301 e. The smallest absolute Gasteiger partial charge is 0.251 e. The van der Waals surface area contributed by atoms with Crippen LogP contribution in [0.4, 0.5) is 22.0 Å². The lowest BCUT2D eigenvalue weighted by Gasteiger charge is -2.10. The molecule has 13 heteroatoms. The van der Waals surface area contributed by atoms with E-state index < -0.39 is 56.1 Å². The maximum atomic E-state index is 13.6. The molecule has 1 aromatic heterocycles. The summed E-state index contributed by atoms with van der Waals surface area (Å²) in [4.78, 5) is 15.5. The van der Waals surface area contributed by atoms with E-state index in [4.69, 9.17) is 0 Å². The summed E-state index contributed by atoms with van der Waals surface area (Å²) < 4.78 is 91.9. The highest BCUT2D eigenvalue weighted by Crippen LogP contribution is 2.26. The molecule has 0 unspecified atom stereocenters. The van der Waals surface area contributed by atoms with Crippen molar-refractivity contribution in [2.24, 2.45) is 0 Å². The molecule has 2 N–H and O–H groups in total. The number of thioether (sulfide) groups is 1. The second kappa shape index (κ2) is 7.09. The summed E-state index contributed by atoms with van der Waals surface area (Å²) >= 11 is 1.03. The Labute approximate surface area is 141 Å². The molecule has 0 radical (unpaired) electrons. The molecule has 0 saturated carbocycles. The van der Waals surface area contributed by atoms with Gasteiger partial charge in [0.25, 0.3) is 5.56 Å². The van der Waals surface area contributed by atoms with Crippen LogP contribution < -0.4 is 10.3 Å². The van der Waals surface area contributed by atoms with E-state index in [9.17, 15) is 35.2 Å². The van der Waals surface area contributed by atoms with Crippen LogP contribution in [0.2, 0.25) is 0 Å². The fourth-order valence-electron chi connectivity index (χ4n) is 1.73. The zero-order valence-corrected chi connectivity index (χ0v) is 13.8. The fraction of sp³-hybridized carbons (Fsp3) is 0.167. The lowest BCUT2D eigenvalue weighted by Crippen LogP contribution is -2.28. The van der Waals surface area contributed by atoms with E-state index in [1.54, 1.807) is 11.0 Å². The van der Waals surface area contributed by atoms with Gasteiger partial charge in [-0.05, 0) is 6.26 Å². The monoisotopic (exact) mass is 401 g/mol. The van der Waals surface area contributed by atoms with E-state index in [1.807, 2.05) is 0 Å². The Bertz CT molecular complexity index is 965. The molecule has 1 heterocycles. The average Bonchev–Trinajstić information content (AvgIpc) is 2.56. The van der Waals surface area contributed by atoms with Crippen molar-refractivity contribution in [2.45, 2.75) is 16.6 Å². The van der Waals surface area contributed by atoms with Gasteiger partial charge in [-0.15, -0.1) is 0 Å². The third-order valence-electron chi connectivity index (χ3n) is 2.85. The highest BCUT2D eigenvalue weighted by Gasteiger charge is 2.33. The first-order valence-corrected chi connectivity index (χ1v) is 8.94. The van der Waals surface area contributed by atoms with Gasteiger partial charge in [-0.1, -0.05) is 11.8 Å². The minimum absolute atomic E-state index is 0.124. The summed E-state index contributed by atoms with van der Waals surface area (Å²) in [6, 6.07) is 0.904. The number of nitrogens with zero attached hydrogens (tertiary/aromatic N) is 1. The molecule has 0 aliphatic carbocycles. The maximum Gasteiger partial charge on any atom is 0.251 e. The predicted octanol–water partition coefficient (Wildman–Crippen LogP) is 1.67.